The van der Waals surface area contributed by atoms with Crippen LogP contribution in [0.3, 0.4) is 0 Å². The summed E-state index contributed by atoms with van der Waals surface area (Å²) in [5, 5.41) is 20.4. The van der Waals surface area contributed by atoms with Crippen molar-refractivity contribution < 1.29 is 32.3 Å². The number of ether oxygens (including phenoxy) is 1. The molecule has 0 bridgehead atoms. The molecule has 0 aliphatic carbocycles. The van der Waals surface area contributed by atoms with Crippen molar-refractivity contribution in [2.24, 2.45) is 0 Å². The maximum Gasteiger partial charge on any atom is 0.384 e. The Bertz CT molecular complexity index is 1310. The highest BCUT2D eigenvalue weighted by Crippen LogP contribution is 2.44. The van der Waals surface area contributed by atoms with Gasteiger partial charge in [0.15, 0.2) is 0 Å². The molecule has 0 spiro atoms. The van der Waals surface area contributed by atoms with Crippen molar-refractivity contribution in [2.75, 3.05) is 14.1 Å². The summed E-state index contributed by atoms with van der Waals surface area (Å²) < 4.78 is 36.7. The molecule has 0 saturated carbocycles. The van der Waals surface area contributed by atoms with Gasteiger partial charge in [0.2, 0.25) is 0 Å². The Balaban J connectivity index is 1.88. The fourth-order valence-electron chi connectivity index (χ4n) is 3.89. The molecule has 1 heterocycles. The number of rotatable bonds is 8. The van der Waals surface area contributed by atoms with Crippen molar-refractivity contribution in [1.29, 1.82) is 0 Å². The van der Waals surface area contributed by atoms with Crippen LogP contribution < -0.4 is 4.18 Å². The number of carbonyl (C=O) groups is 1. The third-order valence-corrected chi connectivity index (χ3v) is 8.60. The van der Waals surface area contributed by atoms with Gasteiger partial charge in [0, 0.05) is 25.4 Å². The van der Waals surface area contributed by atoms with Crippen LogP contribution in [0.15, 0.2) is 52.0 Å². The van der Waals surface area contributed by atoms with Gasteiger partial charge in [-0.1, -0.05) is 44.7 Å². The van der Waals surface area contributed by atoms with Crippen molar-refractivity contribution in [1.82, 2.24) is 4.31 Å². The average Bonchev–Trinajstić information content (AvgIpc) is 2.76. The number of aliphatic hydroxyl groups is 1. The Morgan fingerprint density at radius 3 is 2.30 bits per heavy atom. The average molecular weight is 550 g/mol. The molecule has 2 aromatic carbocycles. The summed E-state index contributed by atoms with van der Waals surface area (Å²) in [5.74, 6) is -0.253. The first-order valence-corrected chi connectivity index (χ1v) is 14.1. The van der Waals surface area contributed by atoms with Gasteiger partial charge in [-0.3, -0.25) is 0 Å². The number of aromatic hydroxyl groups is 1. The van der Waals surface area contributed by atoms with Gasteiger partial charge in [-0.05, 0) is 73.1 Å². The highest BCUT2D eigenvalue weighted by molar-refractivity contribution is 8.04. The monoisotopic (exact) mass is 549 g/mol. The van der Waals surface area contributed by atoms with Gasteiger partial charge < -0.3 is 19.1 Å². The predicted molar refractivity (Wildman–Crippen MR) is 144 cm³/mol. The largest absolute Gasteiger partial charge is 0.511 e. The lowest BCUT2D eigenvalue weighted by Gasteiger charge is -2.34. The summed E-state index contributed by atoms with van der Waals surface area (Å²) in [4.78, 5) is 13.9. The number of esters is 1. The van der Waals surface area contributed by atoms with Crippen molar-refractivity contribution in [3.8, 4) is 11.5 Å². The molecule has 3 rings (SSSR count). The molecule has 2 aromatic rings. The van der Waals surface area contributed by atoms with Crippen LogP contribution in [0.25, 0.3) is 0 Å². The standard InChI is InChI=1S/C27H35NO7S2/c1-17-14-23(20(26(2,3)4)15-22(17)35-37(32,33)28(6)7)36-24-21(30)16-27(5,34-25(24)31)13-12-18-8-10-19(29)11-9-18/h8-11,14-15,29-30H,12-13,16H2,1-7H3. The van der Waals surface area contributed by atoms with E-state index in [-0.39, 0.29) is 28.6 Å². The second-order valence-corrected chi connectivity index (χ2v) is 13.6. The maximum atomic E-state index is 13.1. The maximum absolute atomic E-state index is 13.1. The van der Waals surface area contributed by atoms with E-state index in [1.165, 1.54) is 14.1 Å². The van der Waals surface area contributed by atoms with E-state index in [1.807, 2.05) is 32.9 Å². The highest BCUT2D eigenvalue weighted by atomic mass is 32.2. The van der Waals surface area contributed by atoms with Crippen LogP contribution in [0.1, 0.15) is 57.2 Å². The first-order chi connectivity index (χ1) is 17.0. The lowest BCUT2D eigenvalue weighted by atomic mass is 9.86. The molecule has 1 unspecified atom stereocenters. The summed E-state index contributed by atoms with van der Waals surface area (Å²) in [7, 11) is -1.16. The third kappa shape index (κ3) is 7.00. The number of nitrogens with zero attached hydrogens (tertiary/aromatic N) is 1. The molecule has 1 aliphatic heterocycles. The van der Waals surface area contributed by atoms with E-state index in [9.17, 15) is 23.4 Å². The minimum Gasteiger partial charge on any atom is -0.511 e. The zero-order valence-corrected chi connectivity index (χ0v) is 23.9. The van der Waals surface area contributed by atoms with Crippen molar-refractivity contribution in [3.63, 3.8) is 0 Å². The Labute approximate surface area is 223 Å². The van der Waals surface area contributed by atoms with Gasteiger partial charge >= 0.3 is 16.3 Å². The predicted octanol–water partition coefficient (Wildman–Crippen LogP) is 5.38. The smallest absolute Gasteiger partial charge is 0.384 e. The number of phenols is 1. The lowest BCUT2D eigenvalue weighted by Crippen LogP contribution is -2.37. The summed E-state index contributed by atoms with van der Waals surface area (Å²) >= 11 is 1.11. The lowest BCUT2D eigenvalue weighted by molar-refractivity contribution is -0.156. The molecule has 0 fully saturated rings. The molecule has 1 aliphatic rings. The molecule has 0 saturated heterocycles. The summed E-state index contributed by atoms with van der Waals surface area (Å²) in [6, 6.07) is 10.3. The quantitative estimate of drug-likeness (QED) is 0.422. The van der Waals surface area contributed by atoms with Crippen LogP contribution in [0.4, 0.5) is 0 Å². The first kappa shape index (κ1) is 28.9. The Morgan fingerprint density at radius 2 is 1.76 bits per heavy atom. The number of cyclic esters (lactones) is 1. The van der Waals surface area contributed by atoms with Gasteiger partial charge in [0.25, 0.3) is 0 Å². The molecule has 8 nitrogen and oxygen atoms in total. The molecule has 2 N–H and O–H groups in total. The van der Waals surface area contributed by atoms with E-state index in [0.29, 0.717) is 23.3 Å². The minimum absolute atomic E-state index is 0.0394. The van der Waals surface area contributed by atoms with Gasteiger partial charge in [-0.15, -0.1) is 0 Å². The summed E-state index contributed by atoms with van der Waals surface area (Å²) in [6.07, 6.45) is 1.29. The number of carbonyl (C=O) groups excluding carboxylic acids is 1. The van der Waals surface area contributed by atoms with E-state index in [4.69, 9.17) is 8.92 Å². The highest BCUT2D eigenvalue weighted by Gasteiger charge is 2.39. The van der Waals surface area contributed by atoms with E-state index in [1.54, 1.807) is 38.1 Å². The van der Waals surface area contributed by atoms with Crippen LogP contribution in [0, 0.1) is 6.92 Å². The van der Waals surface area contributed by atoms with Crippen LogP contribution in [0.2, 0.25) is 0 Å². The van der Waals surface area contributed by atoms with Crippen LogP contribution >= 0.6 is 11.8 Å². The summed E-state index contributed by atoms with van der Waals surface area (Å²) in [5.41, 5.74) is 1.04. The van der Waals surface area contributed by atoms with Crippen LogP contribution in [0.5, 0.6) is 11.5 Å². The number of hydrogen-bond acceptors (Lipinski definition) is 8. The Morgan fingerprint density at radius 1 is 1.14 bits per heavy atom. The normalized spacial score (nSPS) is 18.8. The molecule has 202 valence electrons. The zero-order valence-electron chi connectivity index (χ0n) is 22.3. The molecule has 0 aromatic heterocycles. The molecular weight excluding hydrogens is 514 g/mol. The first-order valence-electron chi connectivity index (χ1n) is 11.9. The van der Waals surface area contributed by atoms with Gasteiger partial charge in [-0.2, -0.15) is 12.7 Å². The van der Waals surface area contributed by atoms with Gasteiger partial charge in [0.1, 0.15) is 27.8 Å². The Kier molecular flexibility index (Phi) is 8.26. The Hall–Kier alpha value is -2.69. The van der Waals surface area contributed by atoms with Crippen molar-refractivity contribution in [2.45, 2.75) is 69.8 Å². The number of phenolic OH excluding ortho intramolecular Hbond substituents is 1. The molecule has 10 heteroatoms. The zero-order chi connectivity index (χ0) is 27.8. The van der Waals surface area contributed by atoms with Gasteiger partial charge in [-0.25, -0.2) is 4.79 Å². The van der Waals surface area contributed by atoms with E-state index in [2.05, 4.69) is 0 Å². The number of thioether (sulfide) groups is 1. The van der Waals surface area contributed by atoms with Crippen LogP contribution in [-0.4, -0.2) is 48.6 Å². The van der Waals surface area contributed by atoms with Crippen LogP contribution in [-0.2, 0) is 31.7 Å². The van der Waals surface area contributed by atoms with Crippen molar-refractivity contribution in [3.05, 3.63) is 63.8 Å². The SMILES string of the molecule is Cc1cc(SC2=C(O)CC(C)(CCc3ccc(O)cc3)OC2=O)c(C(C)(C)C)cc1OS(=O)(=O)N(C)C. The van der Waals surface area contributed by atoms with Gasteiger partial charge in [0.05, 0.1) is 0 Å². The van der Waals surface area contributed by atoms with Crippen molar-refractivity contribution >= 4 is 28.0 Å². The van der Waals surface area contributed by atoms with E-state index >= 15 is 0 Å². The van der Waals surface area contributed by atoms with E-state index < -0.39 is 27.3 Å². The number of hydrogen-bond donors (Lipinski definition) is 2. The topological polar surface area (TPSA) is 113 Å². The minimum atomic E-state index is -3.94. The third-order valence-electron chi connectivity index (χ3n) is 6.15. The number of aryl methyl sites for hydroxylation is 2. The second kappa shape index (κ2) is 10.6. The number of aliphatic hydroxyl groups excluding tert-OH is 1. The fourth-order valence-corrected chi connectivity index (χ4v) is 5.69. The fraction of sp³-hybridized carbons (Fsp3) is 0.444. The molecule has 0 radical (unpaired) electrons. The molecule has 0 amide bonds. The summed E-state index contributed by atoms with van der Waals surface area (Å²) in [6.45, 7) is 9.44. The number of benzene rings is 2. The molecule has 1 atom stereocenters. The second-order valence-electron chi connectivity index (χ2n) is 10.7. The molecular formula is C27H35NO7S2. The molecule has 37 heavy (non-hydrogen) atoms. The van der Waals surface area contributed by atoms with E-state index in [0.717, 1.165) is 27.2 Å².